The van der Waals surface area contributed by atoms with Gasteiger partial charge in [-0.3, -0.25) is 0 Å². The largest absolute Gasteiger partial charge is 0.165 e. The predicted molar refractivity (Wildman–Crippen MR) is 203 cm³/mol. The van der Waals surface area contributed by atoms with Crippen molar-refractivity contribution in [3.8, 4) is 22.3 Å². The third-order valence-electron chi connectivity index (χ3n) is 8.81. The van der Waals surface area contributed by atoms with Crippen molar-refractivity contribution >= 4 is 25.3 Å². The van der Waals surface area contributed by atoms with E-state index >= 15 is 0 Å². The summed E-state index contributed by atoms with van der Waals surface area (Å²) >= 11 is 1.51. The number of hydrogen-bond donors (Lipinski definition) is 0. The summed E-state index contributed by atoms with van der Waals surface area (Å²) in [5, 5.41) is 5.47. The van der Waals surface area contributed by atoms with E-state index in [0.29, 0.717) is 5.92 Å². The Kier molecular flexibility index (Phi) is 11.4. The first kappa shape index (κ1) is 35.7. The van der Waals surface area contributed by atoms with Gasteiger partial charge in [-0.1, -0.05) is 141 Å². The van der Waals surface area contributed by atoms with Crippen molar-refractivity contribution in [2.45, 2.75) is 92.9 Å². The summed E-state index contributed by atoms with van der Waals surface area (Å²) in [7, 11) is 0. The molecule has 46 heavy (non-hydrogen) atoms. The molecular weight excluding hydrogens is 632 g/mol. The molecular formula is C45H52Zr. The molecule has 0 aliphatic carbocycles. The quantitative estimate of drug-likeness (QED) is 0.163. The molecule has 0 spiro atoms. The Morgan fingerprint density at radius 1 is 0.630 bits per heavy atom. The van der Waals surface area contributed by atoms with Crippen LogP contribution >= 0.6 is 0 Å². The molecule has 0 aliphatic rings. The van der Waals surface area contributed by atoms with E-state index in [2.05, 4.69) is 176 Å². The van der Waals surface area contributed by atoms with Crippen LogP contribution in [0.3, 0.4) is 0 Å². The van der Waals surface area contributed by atoms with Crippen LogP contribution in [-0.2, 0) is 35.1 Å². The average molecular weight is 684 g/mol. The zero-order valence-electron chi connectivity index (χ0n) is 30.0. The van der Waals surface area contributed by atoms with E-state index in [1.807, 2.05) is 6.92 Å². The molecule has 0 heterocycles. The van der Waals surface area contributed by atoms with Crippen LogP contribution in [0.25, 0.3) is 43.8 Å². The standard InChI is InChI=1S/C22H25.C21H23.C2H4.Zr/c1-15(2)18-13-17-7-6-8-20(21(17)14-18)16-9-11-19(12-10-16)22(3,4)5;1-14-12-19-15(2)6-11-18(20(19)13-14)16-7-9-17(10-8-16)21(3,4)5;1-2;/h6-15H,1-5H3;6-13H,1-5H3;1H,2H3;/q2*-1;;+2. The molecule has 1 heteroatoms. The van der Waals surface area contributed by atoms with Gasteiger partial charge in [0.1, 0.15) is 0 Å². The number of benzene rings is 4. The van der Waals surface area contributed by atoms with Crippen LogP contribution in [0.4, 0.5) is 0 Å². The first-order valence-electron chi connectivity index (χ1n) is 16.7. The molecule has 0 unspecified atom stereocenters. The summed E-state index contributed by atoms with van der Waals surface area (Å²) in [4.78, 5) is 0. The van der Waals surface area contributed by atoms with Gasteiger partial charge in [-0.05, 0) is 39.0 Å². The zero-order valence-corrected chi connectivity index (χ0v) is 32.4. The third-order valence-corrected chi connectivity index (χ3v) is 8.81. The Hall–Kier alpha value is -3.15. The van der Waals surface area contributed by atoms with Crippen LogP contribution < -0.4 is 0 Å². The van der Waals surface area contributed by atoms with Gasteiger partial charge in [0.2, 0.25) is 0 Å². The van der Waals surface area contributed by atoms with Crippen LogP contribution in [-0.4, -0.2) is 3.71 Å². The molecule has 0 radical (unpaired) electrons. The molecule has 0 amide bonds. The van der Waals surface area contributed by atoms with Gasteiger partial charge in [0.05, 0.1) is 0 Å². The van der Waals surface area contributed by atoms with E-state index in [0.717, 1.165) is 0 Å². The van der Waals surface area contributed by atoms with Gasteiger partial charge >= 0.3 is 34.9 Å². The summed E-state index contributed by atoms with van der Waals surface area (Å²) in [6.07, 6.45) is 0. The minimum atomic E-state index is 0.204. The van der Waals surface area contributed by atoms with E-state index in [1.165, 1.54) is 95.9 Å². The molecule has 0 bridgehead atoms. The first-order valence-corrected chi connectivity index (χ1v) is 18.1. The number of aryl methyl sites for hydroxylation is 2. The molecule has 0 N–H and O–H groups in total. The van der Waals surface area contributed by atoms with Crippen LogP contribution in [0.15, 0.2) is 103 Å². The van der Waals surface area contributed by atoms with Crippen LogP contribution in [0.1, 0.15) is 96.0 Å². The summed E-state index contributed by atoms with van der Waals surface area (Å²) in [5.41, 5.74) is 12.6. The van der Waals surface area contributed by atoms with Crippen molar-refractivity contribution in [1.29, 1.82) is 0 Å². The predicted octanol–water partition coefficient (Wildman–Crippen LogP) is 13.1. The number of fused-ring (bicyclic) bond motifs is 2. The Morgan fingerprint density at radius 3 is 1.61 bits per heavy atom. The van der Waals surface area contributed by atoms with Crippen LogP contribution in [0, 0.1) is 13.8 Å². The van der Waals surface area contributed by atoms with E-state index in [4.69, 9.17) is 0 Å². The SMILES string of the molecule is CC(C)c1cc2c(-c3ccc(C(C)(C)C)cc3)cccc2[cH-]1.C[CH]=[Zr+2].Cc1cc2c(-c3ccc(C(C)(C)C)cc3)ccc(C)c2[cH-]1. The Labute approximate surface area is 293 Å². The Morgan fingerprint density at radius 2 is 1.13 bits per heavy atom. The summed E-state index contributed by atoms with van der Waals surface area (Å²) in [6, 6.07) is 38.5. The third kappa shape index (κ3) is 8.41. The average Bonchev–Trinajstić information content (AvgIpc) is 3.62. The van der Waals surface area contributed by atoms with Crippen LogP contribution in [0.5, 0.6) is 0 Å². The molecule has 6 aromatic carbocycles. The van der Waals surface area contributed by atoms with E-state index in [9.17, 15) is 0 Å². The van der Waals surface area contributed by atoms with Crippen molar-refractivity contribution in [3.05, 3.63) is 131 Å². The monoisotopic (exact) mass is 682 g/mol. The van der Waals surface area contributed by atoms with Crippen molar-refractivity contribution in [3.63, 3.8) is 0 Å². The van der Waals surface area contributed by atoms with Gasteiger partial charge in [-0.2, -0.15) is 12.1 Å². The fourth-order valence-corrected chi connectivity index (χ4v) is 5.98. The topological polar surface area (TPSA) is 0 Å². The molecule has 0 aliphatic heterocycles. The summed E-state index contributed by atoms with van der Waals surface area (Å²) in [6.45, 7) is 24.5. The molecule has 0 saturated carbocycles. The van der Waals surface area contributed by atoms with Crippen molar-refractivity contribution in [2.24, 2.45) is 0 Å². The maximum Gasteiger partial charge on any atom is -0.0132 e. The molecule has 6 aromatic rings. The molecule has 0 aromatic heterocycles. The number of hydrogen-bond acceptors (Lipinski definition) is 0. The number of rotatable bonds is 3. The fraction of sp³-hybridized carbons (Fsp3) is 0.311. The molecule has 236 valence electrons. The van der Waals surface area contributed by atoms with E-state index in [-0.39, 0.29) is 10.8 Å². The summed E-state index contributed by atoms with van der Waals surface area (Å²) < 4.78 is 2.09. The molecule has 0 nitrogen and oxygen atoms in total. The fourth-order valence-electron chi connectivity index (χ4n) is 5.98. The van der Waals surface area contributed by atoms with Gasteiger partial charge in [-0.15, -0.1) is 68.6 Å². The van der Waals surface area contributed by atoms with Crippen molar-refractivity contribution in [2.75, 3.05) is 0 Å². The van der Waals surface area contributed by atoms with Crippen molar-refractivity contribution < 1.29 is 24.2 Å². The normalized spacial score (nSPS) is 11.7. The minimum Gasteiger partial charge on any atom is -0.165 e. The zero-order chi connectivity index (χ0) is 33.8. The van der Waals surface area contributed by atoms with Gasteiger partial charge in [0.25, 0.3) is 0 Å². The second kappa shape index (κ2) is 14.7. The van der Waals surface area contributed by atoms with Gasteiger partial charge in [-0.25, -0.2) is 0 Å². The first-order chi connectivity index (χ1) is 21.6. The van der Waals surface area contributed by atoms with Gasteiger partial charge in [0.15, 0.2) is 0 Å². The molecule has 6 rings (SSSR count). The van der Waals surface area contributed by atoms with Crippen molar-refractivity contribution in [1.82, 2.24) is 0 Å². The molecule has 0 atom stereocenters. The molecule has 0 saturated heterocycles. The second-order valence-electron chi connectivity index (χ2n) is 15.0. The van der Waals surface area contributed by atoms with Crippen LogP contribution in [0.2, 0.25) is 0 Å². The Balaban J connectivity index is 0.000000193. The van der Waals surface area contributed by atoms with E-state index in [1.54, 1.807) is 0 Å². The van der Waals surface area contributed by atoms with Gasteiger partial charge in [0, 0.05) is 0 Å². The van der Waals surface area contributed by atoms with Gasteiger partial charge < -0.3 is 0 Å². The maximum atomic E-state index is 2.35. The second-order valence-corrected chi connectivity index (χ2v) is 16.4. The summed E-state index contributed by atoms with van der Waals surface area (Å²) in [5.74, 6) is 0.573. The van der Waals surface area contributed by atoms with E-state index < -0.39 is 0 Å². The maximum absolute atomic E-state index is 2.35. The smallest absolute Gasteiger partial charge is 0.0132 e. The molecule has 0 fully saturated rings. The Bertz CT molecular complexity index is 1890. The minimum absolute atomic E-state index is 0.204.